The van der Waals surface area contributed by atoms with Gasteiger partial charge in [0.1, 0.15) is 0 Å². The number of hydrogen-bond donors (Lipinski definition) is 0. The van der Waals surface area contributed by atoms with Gasteiger partial charge in [-0.3, -0.25) is 0 Å². The van der Waals surface area contributed by atoms with Crippen molar-refractivity contribution in [3.63, 3.8) is 0 Å². The summed E-state index contributed by atoms with van der Waals surface area (Å²) < 4.78 is 0. The Morgan fingerprint density at radius 2 is 1.80 bits per heavy atom. The van der Waals surface area contributed by atoms with Crippen molar-refractivity contribution in [3.05, 3.63) is 60.0 Å². The van der Waals surface area contributed by atoms with Crippen LogP contribution in [0.1, 0.15) is 5.56 Å². The third-order valence-electron chi connectivity index (χ3n) is 1.95. The second kappa shape index (κ2) is 4.97. The van der Waals surface area contributed by atoms with Gasteiger partial charge in [-0.25, -0.2) is 0 Å². The van der Waals surface area contributed by atoms with Crippen LogP contribution in [0, 0.1) is 0 Å². The number of benzene rings is 1. The first-order valence-electron chi connectivity index (χ1n) is 5.17. The Labute approximate surface area is 93.7 Å². The minimum absolute atomic E-state index is 1.20. The van der Waals surface area contributed by atoms with Crippen molar-refractivity contribution < 1.29 is 0 Å². The maximum Gasteiger partial charge on any atom is 0.0695 e. The van der Waals surface area contributed by atoms with Crippen LogP contribution in [0.4, 0.5) is 0 Å². The van der Waals surface area contributed by atoms with Crippen molar-refractivity contribution in [1.29, 1.82) is 0 Å². The normalized spacial score (nSPS) is 12.1. The Balaban J connectivity index is 3.15. The summed E-state index contributed by atoms with van der Waals surface area (Å²) in [7, 11) is -1.20. The molecule has 0 saturated carbocycles. The zero-order valence-corrected chi connectivity index (χ0v) is 10.7. The molecule has 0 spiro atoms. The molecule has 0 heterocycles. The Hall–Kier alpha value is -1.30. The van der Waals surface area contributed by atoms with Crippen LogP contribution in [0.5, 0.6) is 0 Å². The van der Waals surface area contributed by atoms with E-state index < -0.39 is 8.07 Å². The SMILES string of the molecule is C=C=C/C(=C/[Si](C)(C)C)c1ccccc1. The van der Waals surface area contributed by atoms with Gasteiger partial charge in [0.2, 0.25) is 0 Å². The summed E-state index contributed by atoms with van der Waals surface area (Å²) in [6.45, 7) is 10.6. The van der Waals surface area contributed by atoms with E-state index in [0.717, 1.165) is 0 Å². The summed E-state index contributed by atoms with van der Waals surface area (Å²) in [4.78, 5) is 0. The van der Waals surface area contributed by atoms with Gasteiger partial charge in [-0.05, 0) is 17.2 Å². The fourth-order valence-corrected chi connectivity index (χ4v) is 2.60. The highest BCUT2D eigenvalue weighted by Gasteiger charge is 2.10. The second-order valence-electron chi connectivity index (χ2n) is 4.68. The fraction of sp³-hybridized carbons (Fsp3) is 0.214. The Bertz CT molecular complexity index is 387. The molecule has 1 aromatic rings. The van der Waals surface area contributed by atoms with E-state index in [4.69, 9.17) is 0 Å². The highest BCUT2D eigenvalue weighted by molar-refractivity contribution is 6.81. The maximum absolute atomic E-state index is 3.65. The van der Waals surface area contributed by atoms with E-state index in [1.807, 2.05) is 12.1 Å². The van der Waals surface area contributed by atoms with Gasteiger partial charge in [-0.2, -0.15) is 0 Å². The molecule has 0 amide bonds. The van der Waals surface area contributed by atoms with Crippen molar-refractivity contribution in [2.45, 2.75) is 19.6 Å². The number of hydrogen-bond acceptors (Lipinski definition) is 0. The topological polar surface area (TPSA) is 0 Å². The smallest absolute Gasteiger partial charge is 0.0695 e. The van der Waals surface area contributed by atoms with Gasteiger partial charge in [0.25, 0.3) is 0 Å². The molecule has 0 bridgehead atoms. The largest absolute Gasteiger partial charge is 0.128 e. The predicted molar refractivity (Wildman–Crippen MR) is 71.5 cm³/mol. The van der Waals surface area contributed by atoms with E-state index >= 15 is 0 Å². The first-order chi connectivity index (χ1) is 7.03. The third kappa shape index (κ3) is 4.16. The average molecular weight is 214 g/mol. The lowest BCUT2D eigenvalue weighted by atomic mass is 10.1. The van der Waals surface area contributed by atoms with E-state index in [-0.39, 0.29) is 0 Å². The van der Waals surface area contributed by atoms with E-state index in [0.29, 0.717) is 0 Å². The maximum atomic E-state index is 3.65. The molecule has 1 heteroatoms. The summed E-state index contributed by atoms with van der Waals surface area (Å²) in [6, 6.07) is 10.4. The van der Waals surface area contributed by atoms with Gasteiger partial charge in [-0.15, -0.1) is 5.73 Å². The fourth-order valence-electron chi connectivity index (χ4n) is 1.42. The Morgan fingerprint density at radius 3 is 2.27 bits per heavy atom. The molecule has 0 aliphatic carbocycles. The van der Waals surface area contributed by atoms with Crippen LogP contribution in [0.3, 0.4) is 0 Å². The molecule has 0 atom stereocenters. The molecule has 78 valence electrons. The van der Waals surface area contributed by atoms with Gasteiger partial charge in [0.15, 0.2) is 0 Å². The molecule has 0 nitrogen and oxygen atoms in total. The Morgan fingerprint density at radius 1 is 1.20 bits per heavy atom. The molecule has 0 fully saturated rings. The van der Waals surface area contributed by atoms with Crippen LogP contribution >= 0.6 is 0 Å². The number of allylic oxidation sites excluding steroid dienone is 2. The predicted octanol–water partition coefficient (Wildman–Crippen LogP) is 4.29. The summed E-state index contributed by atoms with van der Waals surface area (Å²) in [5.41, 5.74) is 7.73. The summed E-state index contributed by atoms with van der Waals surface area (Å²) in [5, 5.41) is 0. The highest BCUT2D eigenvalue weighted by Crippen LogP contribution is 2.18. The quantitative estimate of drug-likeness (QED) is 0.400. The zero-order chi connectivity index (χ0) is 11.3. The minimum Gasteiger partial charge on any atom is -0.128 e. The molecular formula is C14H18Si. The van der Waals surface area contributed by atoms with Crippen LogP contribution in [0.15, 0.2) is 54.4 Å². The molecule has 0 unspecified atom stereocenters. The van der Waals surface area contributed by atoms with Gasteiger partial charge < -0.3 is 0 Å². The summed E-state index contributed by atoms with van der Waals surface area (Å²) in [6.07, 6.45) is 1.97. The minimum atomic E-state index is -1.20. The molecule has 0 aliphatic heterocycles. The van der Waals surface area contributed by atoms with Gasteiger partial charge in [-0.1, -0.05) is 62.3 Å². The molecule has 1 aromatic carbocycles. The van der Waals surface area contributed by atoms with Crippen molar-refractivity contribution in [2.24, 2.45) is 0 Å². The van der Waals surface area contributed by atoms with Crippen LogP contribution < -0.4 is 0 Å². The lowest BCUT2D eigenvalue weighted by molar-refractivity contribution is 1.62. The molecule has 0 radical (unpaired) electrons. The zero-order valence-electron chi connectivity index (χ0n) is 9.75. The van der Waals surface area contributed by atoms with Gasteiger partial charge >= 0.3 is 0 Å². The molecule has 0 saturated heterocycles. The monoisotopic (exact) mass is 214 g/mol. The number of rotatable bonds is 3. The lowest BCUT2D eigenvalue weighted by Crippen LogP contribution is -2.16. The third-order valence-corrected chi connectivity index (χ3v) is 3.13. The first-order valence-corrected chi connectivity index (χ1v) is 8.75. The van der Waals surface area contributed by atoms with E-state index in [1.165, 1.54) is 11.1 Å². The van der Waals surface area contributed by atoms with Crippen LogP contribution in [0.25, 0.3) is 5.57 Å². The molecule has 15 heavy (non-hydrogen) atoms. The standard InChI is InChI=1S/C14H18Si/c1-5-9-14(12-15(2,3)4)13-10-7-6-8-11-13/h6-12H,1H2,2-4H3/b14-12-. The van der Waals surface area contributed by atoms with Crippen molar-refractivity contribution in [3.8, 4) is 0 Å². The van der Waals surface area contributed by atoms with Crippen molar-refractivity contribution >= 4 is 13.6 Å². The van der Waals surface area contributed by atoms with E-state index in [9.17, 15) is 0 Å². The average Bonchev–Trinajstić information content (AvgIpc) is 2.17. The van der Waals surface area contributed by atoms with Crippen LogP contribution in [-0.2, 0) is 0 Å². The van der Waals surface area contributed by atoms with E-state index in [1.54, 1.807) is 0 Å². The van der Waals surface area contributed by atoms with Crippen LogP contribution in [-0.4, -0.2) is 8.07 Å². The van der Waals surface area contributed by atoms with Gasteiger partial charge in [0, 0.05) is 0 Å². The summed E-state index contributed by atoms with van der Waals surface area (Å²) >= 11 is 0. The molecule has 0 aromatic heterocycles. The highest BCUT2D eigenvalue weighted by atomic mass is 28.3. The first kappa shape index (κ1) is 11.8. The molecule has 0 N–H and O–H groups in total. The molecular weight excluding hydrogens is 196 g/mol. The second-order valence-corrected chi connectivity index (χ2v) is 9.70. The molecule has 0 aliphatic rings. The lowest BCUT2D eigenvalue weighted by Gasteiger charge is -2.12. The van der Waals surface area contributed by atoms with Gasteiger partial charge in [0.05, 0.1) is 8.07 Å². The Kier molecular flexibility index (Phi) is 3.90. The van der Waals surface area contributed by atoms with Crippen molar-refractivity contribution in [1.82, 2.24) is 0 Å². The molecule has 1 rings (SSSR count). The van der Waals surface area contributed by atoms with Crippen LogP contribution in [0.2, 0.25) is 19.6 Å². The summed E-state index contributed by atoms with van der Waals surface area (Å²) in [5.74, 6) is 0. The van der Waals surface area contributed by atoms with E-state index in [2.05, 4.69) is 61.9 Å². The van der Waals surface area contributed by atoms with Crippen molar-refractivity contribution in [2.75, 3.05) is 0 Å².